The van der Waals surface area contributed by atoms with Crippen molar-refractivity contribution in [1.82, 2.24) is 0 Å². The Balaban J connectivity index is 4.23. The SMILES string of the molecule is NC(C(Br)(Br)Br)C(Br)(Br)Br. The standard InChI is InChI=1S/C3H3Br6N/c4-2(5,6)1(10)3(7,8)9/h1H,10H2. The van der Waals surface area contributed by atoms with Gasteiger partial charge in [0, 0.05) is 0 Å². The van der Waals surface area contributed by atoms with Gasteiger partial charge < -0.3 is 5.73 Å². The molecule has 0 heterocycles. The van der Waals surface area contributed by atoms with Gasteiger partial charge in [-0.3, -0.25) is 0 Å². The molecular weight excluding hydrogens is 529 g/mol. The smallest absolute Gasteiger partial charge is 0.152 e. The molecule has 10 heavy (non-hydrogen) atoms. The molecule has 7 heteroatoms. The summed E-state index contributed by atoms with van der Waals surface area (Å²) in [4.78, 5) is 0. The highest BCUT2D eigenvalue weighted by Crippen LogP contribution is 2.48. The van der Waals surface area contributed by atoms with E-state index in [2.05, 4.69) is 95.6 Å². The van der Waals surface area contributed by atoms with Gasteiger partial charge in [-0.05, 0) is 0 Å². The fourth-order valence-corrected chi connectivity index (χ4v) is 5.01. The second kappa shape index (κ2) is 4.37. The van der Waals surface area contributed by atoms with Crippen LogP contribution in [0.2, 0.25) is 0 Å². The minimum absolute atomic E-state index is 0.236. The molecule has 0 saturated carbocycles. The van der Waals surface area contributed by atoms with Crippen molar-refractivity contribution in [3.05, 3.63) is 0 Å². The first-order valence-corrected chi connectivity index (χ1v) is 6.80. The lowest BCUT2D eigenvalue weighted by Crippen LogP contribution is -2.43. The Morgan fingerprint density at radius 2 is 1.00 bits per heavy atom. The van der Waals surface area contributed by atoms with E-state index in [0.717, 1.165) is 0 Å². The Bertz CT molecular complexity index is 97.1. The monoisotopic (exact) mass is 527 g/mol. The van der Waals surface area contributed by atoms with E-state index in [4.69, 9.17) is 5.73 Å². The normalized spacial score (nSPS) is 14.4. The number of rotatable bonds is 0. The Morgan fingerprint density at radius 1 is 0.800 bits per heavy atom. The predicted molar refractivity (Wildman–Crippen MR) is 67.0 cm³/mol. The molecular formula is C3H3Br6N. The second-order valence-electron chi connectivity index (χ2n) is 1.56. The quantitative estimate of drug-likeness (QED) is 0.470. The molecule has 0 radical (unpaired) electrons. The summed E-state index contributed by atoms with van der Waals surface area (Å²) < 4.78 is -0.965. The van der Waals surface area contributed by atoms with Crippen LogP contribution in [0.15, 0.2) is 0 Å². The summed E-state index contributed by atoms with van der Waals surface area (Å²) in [6, 6.07) is -0.236. The third-order valence-corrected chi connectivity index (χ3v) is 3.66. The molecule has 0 rings (SSSR count). The largest absolute Gasteiger partial charge is 0.322 e. The minimum atomic E-state index is -0.483. The fraction of sp³-hybridized carbons (Fsp3) is 1.00. The van der Waals surface area contributed by atoms with Crippen LogP contribution >= 0.6 is 95.6 Å². The lowest BCUT2D eigenvalue weighted by molar-refractivity contribution is 0.787. The van der Waals surface area contributed by atoms with E-state index in [9.17, 15) is 0 Å². The van der Waals surface area contributed by atoms with Crippen LogP contribution in [0, 0.1) is 0 Å². The Hall–Kier alpha value is 2.84. The zero-order valence-electron chi connectivity index (χ0n) is 4.42. The molecule has 0 aromatic heterocycles. The van der Waals surface area contributed by atoms with Crippen LogP contribution in [0.25, 0.3) is 0 Å². The lowest BCUT2D eigenvalue weighted by Gasteiger charge is -2.28. The van der Waals surface area contributed by atoms with Crippen molar-refractivity contribution in [2.45, 2.75) is 10.3 Å². The van der Waals surface area contributed by atoms with Crippen LogP contribution in [0.4, 0.5) is 0 Å². The highest BCUT2D eigenvalue weighted by Gasteiger charge is 2.40. The number of nitrogens with two attached hydrogens (primary N) is 1. The molecule has 0 aromatic carbocycles. The highest BCUT2D eigenvalue weighted by molar-refractivity contribution is 9.40. The van der Waals surface area contributed by atoms with Crippen molar-refractivity contribution < 1.29 is 0 Å². The average molecular weight is 532 g/mol. The molecule has 0 aliphatic heterocycles. The van der Waals surface area contributed by atoms with E-state index in [-0.39, 0.29) is 6.04 Å². The summed E-state index contributed by atoms with van der Waals surface area (Å²) >= 11 is 19.8. The van der Waals surface area contributed by atoms with Crippen molar-refractivity contribution in [1.29, 1.82) is 0 Å². The van der Waals surface area contributed by atoms with Crippen molar-refractivity contribution in [2.75, 3.05) is 0 Å². The lowest BCUT2D eigenvalue weighted by atomic mass is 10.4. The van der Waals surface area contributed by atoms with E-state index in [0.29, 0.717) is 0 Å². The van der Waals surface area contributed by atoms with Gasteiger partial charge in [0.15, 0.2) is 4.29 Å². The molecule has 1 nitrogen and oxygen atoms in total. The summed E-state index contributed by atoms with van der Waals surface area (Å²) in [5.74, 6) is 0. The Morgan fingerprint density at radius 3 is 1.00 bits per heavy atom. The first-order chi connectivity index (χ1) is 4.15. The molecule has 0 aromatic rings. The van der Waals surface area contributed by atoms with Crippen molar-refractivity contribution in [3.8, 4) is 0 Å². The molecule has 0 spiro atoms. The van der Waals surface area contributed by atoms with Gasteiger partial charge in [0.25, 0.3) is 0 Å². The zero-order chi connectivity index (χ0) is 8.58. The molecule has 0 unspecified atom stereocenters. The van der Waals surface area contributed by atoms with Gasteiger partial charge in [0.05, 0.1) is 6.04 Å². The summed E-state index contributed by atoms with van der Waals surface area (Å²) in [6.45, 7) is 0. The molecule has 62 valence electrons. The maximum absolute atomic E-state index is 5.75. The molecule has 0 saturated heterocycles. The van der Waals surface area contributed by atoms with Crippen molar-refractivity contribution in [2.24, 2.45) is 5.73 Å². The topological polar surface area (TPSA) is 26.0 Å². The number of alkyl halides is 6. The first kappa shape index (κ1) is 12.8. The highest BCUT2D eigenvalue weighted by atomic mass is 80.0. The van der Waals surface area contributed by atoms with Crippen molar-refractivity contribution >= 4 is 95.6 Å². The van der Waals surface area contributed by atoms with Gasteiger partial charge in [0.1, 0.15) is 0 Å². The third-order valence-electron chi connectivity index (χ3n) is 0.705. The number of hydrogen-bond donors (Lipinski definition) is 1. The van der Waals surface area contributed by atoms with Crippen LogP contribution in [0.3, 0.4) is 0 Å². The van der Waals surface area contributed by atoms with E-state index < -0.39 is 4.29 Å². The van der Waals surface area contributed by atoms with Gasteiger partial charge in [-0.15, -0.1) is 0 Å². The molecule has 0 bridgehead atoms. The van der Waals surface area contributed by atoms with Crippen LogP contribution in [-0.4, -0.2) is 10.3 Å². The van der Waals surface area contributed by atoms with Gasteiger partial charge in [-0.25, -0.2) is 0 Å². The van der Waals surface area contributed by atoms with E-state index >= 15 is 0 Å². The fourth-order valence-electron chi connectivity index (χ4n) is 0.186. The summed E-state index contributed by atoms with van der Waals surface area (Å²) in [5, 5.41) is 0. The van der Waals surface area contributed by atoms with E-state index in [1.165, 1.54) is 0 Å². The first-order valence-electron chi connectivity index (χ1n) is 2.04. The summed E-state index contributed by atoms with van der Waals surface area (Å²) in [6.07, 6.45) is 0. The van der Waals surface area contributed by atoms with Crippen molar-refractivity contribution in [3.63, 3.8) is 0 Å². The molecule has 0 aliphatic rings. The summed E-state index contributed by atoms with van der Waals surface area (Å²) in [7, 11) is 0. The maximum Gasteiger partial charge on any atom is 0.152 e. The van der Waals surface area contributed by atoms with Gasteiger partial charge >= 0.3 is 0 Å². The van der Waals surface area contributed by atoms with Gasteiger partial charge in [0.2, 0.25) is 0 Å². The molecule has 0 atom stereocenters. The number of halogens is 6. The minimum Gasteiger partial charge on any atom is -0.322 e. The molecule has 0 fully saturated rings. The van der Waals surface area contributed by atoms with Gasteiger partial charge in [-0.1, -0.05) is 95.6 Å². The zero-order valence-corrected chi connectivity index (χ0v) is 13.9. The van der Waals surface area contributed by atoms with Crippen LogP contribution in [0.1, 0.15) is 0 Å². The van der Waals surface area contributed by atoms with E-state index in [1.807, 2.05) is 0 Å². The molecule has 2 N–H and O–H groups in total. The van der Waals surface area contributed by atoms with E-state index in [1.54, 1.807) is 0 Å². The maximum atomic E-state index is 5.75. The number of hydrogen-bond acceptors (Lipinski definition) is 1. The second-order valence-corrected chi connectivity index (χ2v) is 15.5. The Labute approximate surface area is 110 Å². The third kappa shape index (κ3) is 4.77. The molecule has 0 aliphatic carbocycles. The molecule has 0 amide bonds. The van der Waals surface area contributed by atoms with Crippen LogP contribution in [0.5, 0.6) is 0 Å². The summed E-state index contributed by atoms with van der Waals surface area (Å²) in [5.41, 5.74) is 5.75. The predicted octanol–water partition coefficient (Wildman–Crippen LogP) is 3.99. The van der Waals surface area contributed by atoms with Crippen LogP contribution in [-0.2, 0) is 0 Å². The van der Waals surface area contributed by atoms with Gasteiger partial charge in [-0.2, -0.15) is 0 Å². The van der Waals surface area contributed by atoms with Crippen LogP contribution < -0.4 is 5.73 Å². The average Bonchev–Trinajstić information content (AvgIpc) is 1.59. The Kier molecular flexibility index (Phi) is 5.61.